The molecule has 224 valence electrons. The maximum absolute atomic E-state index is 12.9. The van der Waals surface area contributed by atoms with Gasteiger partial charge >= 0.3 is 5.97 Å². The van der Waals surface area contributed by atoms with Gasteiger partial charge in [0, 0.05) is 12.1 Å². The number of carbonyl (C=O) groups is 2. The largest absolute Gasteiger partial charge is 0.481 e. The van der Waals surface area contributed by atoms with Gasteiger partial charge in [-0.15, -0.1) is 0 Å². The van der Waals surface area contributed by atoms with E-state index in [2.05, 4.69) is 29.5 Å². The lowest BCUT2D eigenvalue weighted by Crippen LogP contribution is -2.46. The van der Waals surface area contributed by atoms with E-state index in [-0.39, 0.29) is 17.9 Å². The van der Waals surface area contributed by atoms with E-state index in [1.807, 2.05) is 0 Å². The van der Waals surface area contributed by atoms with E-state index in [9.17, 15) is 14.7 Å². The molecule has 1 amide bonds. The number of hydrogen-bond donors (Lipinski definition) is 4. The van der Waals surface area contributed by atoms with Crippen molar-refractivity contribution in [3.63, 3.8) is 0 Å². The molecule has 4 N–H and O–H groups in total. The Hall–Kier alpha value is -1.22. The van der Waals surface area contributed by atoms with Crippen molar-refractivity contribution in [3.8, 4) is 0 Å². The van der Waals surface area contributed by atoms with Gasteiger partial charge in [0.1, 0.15) is 0 Å². The Bertz CT molecular complexity index is 764. The molecule has 8 heteroatoms. The molecule has 0 saturated heterocycles. The fourth-order valence-corrected chi connectivity index (χ4v) is 8.16. The van der Waals surface area contributed by atoms with E-state index in [1.54, 1.807) is 0 Å². The number of carboxylic acids is 1. The van der Waals surface area contributed by atoms with Crippen LogP contribution in [0.3, 0.4) is 0 Å². The van der Waals surface area contributed by atoms with Crippen molar-refractivity contribution in [2.75, 3.05) is 13.2 Å². The minimum absolute atomic E-state index is 0.0268. The second-order valence-corrected chi connectivity index (χ2v) is 13.8. The summed E-state index contributed by atoms with van der Waals surface area (Å²) in [5, 5.41) is 21.8. The zero-order chi connectivity index (χ0) is 27.8. The van der Waals surface area contributed by atoms with E-state index in [4.69, 9.17) is 10.1 Å². The van der Waals surface area contributed by atoms with Crippen LogP contribution in [0.5, 0.6) is 0 Å². The van der Waals surface area contributed by atoms with Gasteiger partial charge in [0.15, 0.2) is 0 Å². The molecule has 4 fully saturated rings. The summed E-state index contributed by atoms with van der Waals surface area (Å²) >= 11 is 0. The highest BCUT2D eigenvalue weighted by atomic mass is 17.1. The van der Waals surface area contributed by atoms with Crippen molar-refractivity contribution < 1.29 is 29.7 Å². The quantitative estimate of drug-likeness (QED) is 0.189. The van der Waals surface area contributed by atoms with Crippen LogP contribution in [0, 0.1) is 47.3 Å². The minimum atomic E-state index is -0.817. The SMILES string of the molecule is CC1CCC(CONC2CCC(CC3CCC(NC(=O)C4CCC(C)CC4C(=O)O)CC3)CC2)C(COO)C1. The molecular formula is C31H54N2O6. The van der Waals surface area contributed by atoms with Gasteiger partial charge in [-0.1, -0.05) is 20.3 Å². The normalized spacial score (nSPS) is 39.7. The highest BCUT2D eigenvalue weighted by Crippen LogP contribution is 2.38. The molecule has 4 aliphatic carbocycles. The molecule has 39 heavy (non-hydrogen) atoms. The van der Waals surface area contributed by atoms with Crippen LogP contribution >= 0.6 is 0 Å². The van der Waals surface area contributed by atoms with Crippen molar-refractivity contribution in [3.05, 3.63) is 0 Å². The van der Waals surface area contributed by atoms with Gasteiger partial charge in [0.2, 0.25) is 5.91 Å². The Labute approximate surface area is 235 Å². The van der Waals surface area contributed by atoms with E-state index in [0.29, 0.717) is 55.8 Å². The zero-order valence-corrected chi connectivity index (χ0v) is 24.3. The molecule has 6 atom stereocenters. The number of hydrogen-bond acceptors (Lipinski definition) is 6. The topological polar surface area (TPSA) is 117 Å². The second-order valence-electron chi connectivity index (χ2n) is 13.8. The van der Waals surface area contributed by atoms with Gasteiger partial charge in [0.25, 0.3) is 0 Å². The Morgan fingerprint density at radius 2 is 1.33 bits per heavy atom. The molecule has 0 aromatic rings. The van der Waals surface area contributed by atoms with Crippen LogP contribution in [-0.2, 0) is 19.3 Å². The number of carbonyl (C=O) groups excluding carboxylic acids is 1. The maximum Gasteiger partial charge on any atom is 0.307 e. The average Bonchev–Trinajstić information content (AvgIpc) is 2.92. The number of amides is 1. The average molecular weight is 551 g/mol. The van der Waals surface area contributed by atoms with Gasteiger partial charge in [-0.3, -0.25) is 14.8 Å². The van der Waals surface area contributed by atoms with Crippen molar-refractivity contribution >= 4 is 11.9 Å². The number of carboxylic acid groups (broad SMARTS) is 1. The molecule has 0 bridgehead atoms. The summed E-state index contributed by atoms with van der Waals surface area (Å²) in [6, 6.07) is 0.634. The Balaban J connectivity index is 1.09. The molecule has 0 heterocycles. The zero-order valence-electron chi connectivity index (χ0n) is 24.3. The van der Waals surface area contributed by atoms with E-state index in [1.165, 1.54) is 25.7 Å². The smallest absolute Gasteiger partial charge is 0.307 e. The van der Waals surface area contributed by atoms with Gasteiger partial charge in [-0.25, -0.2) is 4.89 Å². The molecule has 0 aromatic heterocycles. The van der Waals surface area contributed by atoms with Gasteiger partial charge < -0.3 is 15.3 Å². The third kappa shape index (κ3) is 9.14. The Kier molecular flexibility index (Phi) is 11.9. The van der Waals surface area contributed by atoms with E-state index in [0.717, 1.165) is 69.6 Å². The van der Waals surface area contributed by atoms with E-state index < -0.39 is 11.9 Å². The molecule has 0 aliphatic heterocycles. The third-order valence-electron chi connectivity index (χ3n) is 10.7. The molecule has 8 nitrogen and oxygen atoms in total. The molecule has 4 saturated carbocycles. The third-order valence-corrected chi connectivity index (χ3v) is 10.7. The van der Waals surface area contributed by atoms with Crippen LogP contribution in [0.25, 0.3) is 0 Å². The lowest BCUT2D eigenvalue weighted by atomic mass is 9.73. The van der Waals surface area contributed by atoms with Crippen molar-refractivity contribution in [2.45, 2.75) is 122 Å². The van der Waals surface area contributed by atoms with Gasteiger partial charge in [-0.2, -0.15) is 5.48 Å². The first-order valence-corrected chi connectivity index (χ1v) is 16.0. The predicted molar refractivity (Wildman–Crippen MR) is 150 cm³/mol. The molecule has 0 aromatic carbocycles. The lowest BCUT2D eigenvalue weighted by molar-refractivity contribution is -0.257. The second kappa shape index (κ2) is 15.1. The molecule has 4 rings (SSSR count). The molecular weight excluding hydrogens is 496 g/mol. The fourth-order valence-electron chi connectivity index (χ4n) is 8.16. The van der Waals surface area contributed by atoms with Crippen LogP contribution in [0.15, 0.2) is 0 Å². The molecule has 0 radical (unpaired) electrons. The first kappa shape index (κ1) is 30.7. The van der Waals surface area contributed by atoms with Gasteiger partial charge in [0.05, 0.1) is 25.0 Å². The van der Waals surface area contributed by atoms with Crippen molar-refractivity contribution in [2.24, 2.45) is 47.3 Å². The Morgan fingerprint density at radius 3 is 1.97 bits per heavy atom. The van der Waals surface area contributed by atoms with E-state index >= 15 is 0 Å². The van der Waals surface area contributed by atoms with Crippen LogP contribution in [0.1, 0.15) is 110 Å². The summed E-state index contributed by atoms with van der Waals surface area (Å²) in [5.41, 5.74) is 3.35. The van der Waals surface area contributed by atoms with Crippen molar-refractivity contribution in [1.82, 2.24) is 10.8 Å². The molecule has 4 aliphatic rings. The minimum Gasteiger partial charge on any atom is -0.481 e. The fraction of sp³-hybridized carbons (Fsp3) is 0.935. The van der Waals surface area contributed by atoms with Crippen LogP contribution in [0.4, 0.5) is 0 Å². The first-order valence-electron chi connectivity index (χ1n) is 16.0. The summed E-state index contributed by atoms with van der Waals surface area (Å²) in [5.74, 6) is 1.67. The highest BCUT2D eigenvalue weighted by Gasteiger charge is 2.39. The lowest BCUT2D eigenvalue weighted by Gasteiger charge is -2.36. The highest BCUT2D eigenvalue weighted by molar-refractivity contribution is 5.85. The standard InChI is InChI=1S/C31H54N2O6/c1-20-3-9-24(25(15-20)19-39-37)18-38-33-27-12-7-23(8-13-27)17-22-5-10-26(11-6-22)32-30(34)28-14-4-21(2)16-29(28)31(35)36/h20-29,33,37H,3-19H2,1-2H3,(H,32,34)(H,35,36). The number of rotatable bonds is 11. The van der Waals surface area contributed by atoms with Crippen LogP contribution in [-0.4, -0.2) is 47.5 Å². The summed E-state index contributed by atoms with van der Waals surface area (Å²) < 4.78 is 0. The predicted octanol–water partition coefficient (Wildman–Crippen LogP) is 5.81. The summed E-state index contributed by atoms with van der Waals surface area (Å²) in [4.78, 5) is 35.1. The number of aliphatic carboxylic acids is 1. The molecule has 0 spiro atoms. The van der Waals surface area contributed by atoms with Gasteiger partial charge in [-0.05, 0) is 125 Å². The van der Waals surface area contributed by atoms with Crippen LogP contribution in [0.2, 0.25) is 0 Å². The Morgan fingerprint density at radius 1 is 0.718 bits per heavy atom. The summed E-state index contributed by atoms with van der Waals surface area (Å²) in [6.07, 6.45) is 16.2. The first-order chi connectivity index (χ1) is 18.8. The molecule has 6 unspecified atom stereocenters. The van der Waals surface area contributed by atoms with Crippen LogP contribution < -0.4 is 10.8 Å². The summed E-state index contributed by atoms with van der Waals surface area (Å²) in [6.45, 7) is 5.46. The number of nitrogens with one attached hydrogen (secondary N) is 2. The maximum atomic E-state index is 12.9. The monoisotopic (exact) mass is 550 g/mol. The number of hydroxylamine groups is 1. The van der Waals surface area contributed by atoms with Crippen molar-refractivity contribution in [1.29, 1.82) is 0 Å². The summed E-state index contributed by atoms with van der Waals surface area (Å²) in [7, 11) is 0.